The van der Waals surface area contributed by atoms with Crippen molar-refractivity contribution in [2.45, 2.75) is 49.8 Å². The van der Waals surface area contributed by atoms with Crippen LogP contribution in [0.15, 0.2) is 12.2 Å². The molecule has 0 bridgehead atoms. The highest BCUT2D eigenvalue weighted by molar-refractivity contribution is 5.85. The van der Waals surface area contributed by atoms with Crippen molar-refractivity contribution in [3.05, 3.63) is 12.2 Å². The fourth-order valence-corrected chi connectivity index (χ4v) is 2.04. The zero-order chi connectivity index (χ0) is 14.6. The Morgan fingerprint density at radius 3 is 2.21 bits per heavy atom. The zero-order valence-corrected chi connectivity index (χ0v) is 10.5. The molecule has 5 atom stereocenters. The van der Waals surface area contributed by atoms with Crippen LogP contribution < -0.4 is 0 Å². The molecule has 1 unspecified atom stereocenters. The SMILES string of the molecule is C=C(CCCC1O[C@H](CO)[C@@H](O)[C@H](O)[C@H]1O)C(=O)O. The number of ether oxygens (including phenoxy) is 1. The van der Waals surface area contributed by atoms with Crippen LogP contribution in [-0.4, -0.2) is 68.6 Å². The summed E-state index contributed by atoms with van der Waals surface area (Å²) in [4.78, 5) is 10.6. The van der Waals surface area contributed by atoms with Gasteiger partial charge in [-0.25, -0.2) is 4.79 Å². The Bertz CT molecular complexity index is 328. The summed E-state index contributed by atoms with van der Waals surface area (Å²) in [5, 5.41) is 46.5. The van der Waals surface area contributed by atoms with Crippen LogP contribution in [0.3, 0.4) is 0 Å². The minimum absolute atomic E-state index is 0.0598. The molecule has 0 aliphatic carbocycles. The summed E-state index contributed by atoms with van der Waals surface area (Å²) in [6.07, 6.45) is -4.76. The molecule has 0 spiro atoms. The molecule has 0 aromatic carbocycles. The average Bonchev–Trinajstić information content (AvgIpc) is 2.38. The van der Waals surface area contributed by atoms with E-state index >= 15 is 0 Å². The molecule has 0 radical (unpaired) electrons. The predicted molar refractivity (Wildman–Crippen MR) is 64.4 cm³/mol. The molecule has 0 aromatic rings. The standard InChI is InChI=1S/C12H20O7/c1-6(12(17)18)3-2-4-7-9(14)11(16)10(15)8(5-13)19-7/h7-11,13-16H,1-5H2,(H,17,18)/t7?,8-,9+,10-,11-/m1/s1. The maximum absolute atomic E-state index is 10.6. The van der Waals surface area contributed by atoms with E-state index in [1.54, 1.807) is 0 Å². The third-order valence-corrected chi connectivity index (χ3v) is 3.26. The Morgan fingerprint density at radius 2 is 1.68 bits per heavy atom. The molecule has 110 valence electrons. The number of hydrogen-bond donors (Lipinski definition) is 5. The van der Waals surface area contributed by atoms with Crippen LogP contribution in [-0.2, 0) is 9.53 Å². The Morgan fingerprint density at radius 1 is 1.11 bits per heavy atom. The van der Waals surface area contributed by atoms with Gasteiger partial charge in [-0.3, -0.25) is 0 Å². The Hall–Kier alpha value is -0.990. The number of hydrogen-bond acceptors (Lipinski definition) is 6. The summed E-state index contributed by atoms with van der Waals surface area (Å²) in [5.74, 6) is -1.08. The summed E-state index contributed by atoms with van der Waals surface area (Å²) in [6.45, 7) is 2.91. The van der Waals surface area contributed by atoms with Gasteiger partial charge in [-0.2, -0.15) is 0 Å². The van der Waals surface area contributed by atoms with Crippen LogP contribution in [0.1, 0.15) is 19.3 Å². The van der Waals surface area contributed by atoms with Crippen LogP contribution in [0.4, 0.5) is 0 Å². The topological polar surface area (TPSA) is 127 Å². The van der Waals surface area contributed by atoms with Gasteiger partial charge >= 0.3 is 5.97 Å². The molecule has 0 amide bonds. The van der Waals surface area contributed by atoms with Crippen LogP contribution >= 0.6 is 0 Å². The van der Waals surface area contributed by atoms with Crippen molar-refractivity contribution in [2.75, 3.05) is 6.61 Å². The summed E-state index contributed by atoms with van der Waals surface area (Å²) in [6, 6.07) is 0. The van der Waals surface area contributed by atoms with Gasteiger partial charge in [0.25, 0.3) is 0 Å². The van der Waals surface area contributed by atoms with E-state index in [1.165, 1.54) is 0 Å². The van der Waals surface area contributed by atoms with E-state index in [4.69, 9.17) is 14.9 Å². The summed E-state index contributed by atoms with van der Waals surface area (Å²) < 4.78 is 5.29. The second kappa shape index (κ2) is 6.97. The molecular weight excluding hydrogens is 256 g/mol. The summed E-state index contributed by atoms with van der Waals surface area (Å²) >= 11 is 0. The number of carbonyl (C=O) groups is 1. The third kappa shape index (κ3) is 3.99. The fraction of sp³-hybridized carbons (Fsp3) is 0.750. The lowest BCUT2D eigenvalue weighted by atomic mass is 9.92. The average molecular weight is 276 g/mol. The molecule has 1 rings (SSSR count). The molecule has 7 nitrogen and oxygen atoms in total. The lowest BCUT2D eigenvalue weighted by Crippen LogP contribution is -2.58. The van der Waals surface area contributed by atoms with Gasteiger partial charge in [0.15, 0.2) is 0 Å². The van der Waals surface area contributed by atoms with E-state index in [0.717, 1.165) is 0 Å². The molecule has 7 heteroatoms. The lowest BCUT2D eigenvalue weighted by Gasteiger charge is -2.40. The van der Waals surface area contributed by atoms with Gasteiger partial charge in [-0.1, -0.05) is 6.58 Å². The molecule has 1 fully saturated rings. The molecule has 1 saturated heterocycles. The van der Waals surface area contributed by atoms with E-state index < -0.39 is 43.1 Å². The smallest absolute Gasteiger partial charge is 0.330 e. The first kappa shape index (κ1) is 16.1. The van der Waals surface area contributed by atoms with Gasteiger partial charge in [0, 0.05) is 5.57 Å². The van der Waals surface area contributed by atoms with Crippen molar-refractivity contribution >= 4 is 5.97 Å². The van der Waals surface area contributed by atoms with Crippen LogP contribution in [0, 0.1) is 0 Å². The van der Waals surface area contributed by atoms with E-state index in [0.29, 0.717) is 12.8 Å². The van der Waals surface area contributed by atoms with Crippen molar-refractivity contribution in [3.8, 4) is 0 Å². The van der Waals surface area contributed by atoms with E-state index in [9.17, 15) is 20.1 Å². The number of aliphatic hydroxyl groups is 4. The molecule has 1 aliphatic rings. The number of carboxylic acid groups (broad SMARTS) is 1. The fourth-order valence-electron chi connectivity index (χ4n) is 2.04. The number of aliphatic hydroxyl groups excluding tert-OH is 4. The molecule has 0 saturated carbocycles. The number of rotatable bonds is 6. The van der Waals surface area contributed by atoms with Gasteiger partial charge in [-0.15, -0.1) is 0 Å². The first-order valence-corrected chi connectivity index (χ1v) is 6.10. The zero-order valence-electron chi connectivity index (χ0n) is 10.5. The summed E-state index contributed by atoms with van der Waals surface area (Å²) in [7, 11) is 0. The van der Waals surface area contributed by atoms with Crippen LogP contribution in [0.25, 0.3) is 0 Å². The second-order valence-electron chi connectivity index (χ2n) is 4.67. The van der Waals surface area contributed by atoms with Crippen molar-refractivity contribution in [1.29, 1.82) is 0 Å². The first-order chi connectivity index (χ1) is 8.88. The first-order valence-electron chi connectivity index (χ1n) is 6.10. The van der Waals surface area contributed by atoms with Crippen molar-refractivity contribution in [1.82, 2.24) is 0 Å². The maximum atomic E-state index is 10.6. The Balaban J connectivity index is 2.48. The second-order valence-corrected chi connectivity index (χ2v) is 4.67. The molecule has 5 N–H and O–H groups in total. The Labute approximate surface area is 110 Å². The van der Waals surface area contributed by atoms with Gasteiger partial charge in [0.2, 0.25) is 0 Å². The normalized spacial score (nSPS) is 35.1. The molecule has 0 aromatic heterocycles. The molecule has 1 aliphatic heterocycles. The van der Waals surface area contributed by atoms with Crippen molar-refractivity contribution in [3.63, 3.8) is 0 Å². The highest BCUT2D eigenvalue weighted by Gasteiger charge is 2.42. The molecular formula is C12H20O7. The van der Waals surface area contributed by atoms with Gasteiger partial charge in [0.1, 0.15) is 24.4 Å². The van der Waals surface area contributed by atoms with Crippen LogP contribution in [0.5, 0.6) is 0 Å². The van der Waals surface area contributed by atoms with Crippen molar-refractivity contribution < 1.29 is 35.1 Å². The predicted octanol–water partition coefficient (Wildman–Crippen LogP) is -1.36. The van der Waals surface area contributed by atoms with Gasteiger partial charge in [-0.05, 0) is 19.3 Å². The minimum Gasteiger partial charge on any atom is -0.478 e. The monoisotopic (exact) mass is 276 g/mol. The molecule has 1 heterocycles. The summed E-state index contributed by atoms with van der Waals surface area (Å²) in [5.41, 5.74) is 0.0598. The third-order valence-electron chi connectivity index (χ3n) is 3.26. The Kier molecular flexibility index (Phi) is 5.89. The van der Waals surface area contributed by atoms with Gasteiger partial charge < -0.3 is 30.3 Å². The van der Waals surface area contributed by atoms with Crippen LogP contribution in [0.2, 0.25) is 0 Å². The highest BCUT2D eigenvalue weighted by Crippen LogP contribution is 2.24. The van der Waals surface area contributed by atoms with Gasteiger partial charge in [0.05, 0.1) is 12.7 Å². The molecule has 19 heavy (non-hydrogen) atoms. The highest BCUT2D eigenvalue weighted by atomic mass is 16.5. The van der Waals surface area contributed by atoms with E-state index in [-0.39, 0.29) is 12.0 Å². The van der Waals surface area contributed by atoms with E-state index in [2.05, 4.69) is 6.58 Å². The largest absolute Gasteiger partial charge is 0.478 e. The maximum Gasteiger partial charge on any atom is 0.330 e. The minimum atomic E-state index is -1.39. The number of carboxylic acids is 1. The van der Waals surface area contributed by atoms with Crippen molar-refractivity contribution in [2.24, 2.45) is 0 Å². The quantitative estimate of drug-likeness (QED) is 0.379. The lowest BCUT2D eigenvalue weighted by molar-refractivity contribution is -0.230. The number of aliphatic carboxylic acids is 1. The van der Waals surface area contributed by atoms with E-state index in [1.807, 2.05) is 0 Å².